The summed E-state index contributed by atoms with van der Waals surface area (Å²) in [5.41, 5.74) is 0. The Morgan fingerprint density at radius 1 is 1.33 bits per heavy atom. The zero-order valence-electron chi connectivity index (χ0n) is 9.94. The van der Waals surface area contributed by atoms with E-state index in [1.807, 2.05) is 6.92 Å². The van der Waals surface area contributed by atoms with E-state index in [9.17, 15) is 4.79 Å². The lowest BCUT2D eigenvalue weighted by Gasteiger charge is -2.31. The van der Waals surface area contributed by atoms with Crippen LogP contribution in [0, 0.1) is 11.8 Å². The maximum absolute atomic E-state index is 10.8. The molecule has 1 aliphatic rings. The smallest absolute Gasteiger partial charge is 0.157 e. The highest BCUT2D eigenvalue weighted by molar-refractivity contribution is 5.53. The van der Waals surface area contributed by atoms with Crippen molar-refractivity contribution in [3.05, 3.63) is 0 Å². The molecule has 3 heteroatoms. The predicted molar refractivity (Wildman–Crippen MR) is 58.5 cm³/mol. The SMILES string of the molecule is CC(C)[C@@H](O[C@H]1CCCCO1)[C@H](C)C=O. The minimum atomic E-state index is -0.103. The first kappa shape index (κ1) is 12.7. The summed E-state index contributed by atoms with van der Waals surface area (Å²) in [5, 5.41) is 0. The molecule has 88 valence electrons. The molecular weight excluding hydrogens is 192 g/mol. The normalized spacial score (nSPS) is 26.3. The van der Waals surface area contributed by atoms with Crippen molar-refractivity contribution in [2.45, 2.75) is 52.4 Å². The van der Waals surface area contributed by atoms with Gasteiger partial charge >= 0.3 is 0 Å². The summed E-state index contributed by atoms with van der Waals surface area (Å²) in [6, 6.07) is 0. The highest BCUT2D eigenvalue weighted by atomic mass is 16.7. The molecule has 1 rings (SSSR count). The Kier molecular flexibility index (Phi) is 5.26. The third-order valence-electron chi connectivity index (χ3n) is 2.84. The molecule has 0 bridgehead atoms. The van der Waals surface area contributed by atoms with Crippen LogP contribution in [0.1, 0.15) is 40.0 Å². The molecule has 0 spiro atoms. The molecule has 0 aromatic heterocycles. The summed E-state index contributed by atoms with van der Waals surface area (Å²) in [5.74, 6) is 0.284. The maximum Gasteiger partial charge on any atom is 0.157 e. The van der Waals surface area contributed by atoms with E-state index in [0.29, 0.717) is 5.92 Å². The van der Waals surface area contributed by atoms with Crippen LogP contribution in [0.15, 0.2) is 0 Å². The minimum Gasteiger partial charge on any atom is -0.353 e. The van der Waals surface area contributed by atoms with Gasteiger partial charge in [-0.3, -0.25) is 0 Å². The Bertz CT molecular complexity index is 185. The van der Waals surface area contributed by atoms with Gasteiger partial charge in [0.15, 0.2) is 6.29 Å². The van der Waals surface area contributed by atoms with Crippen molar-refractivity contribution in [1.82, 2.24) is 0 Å². The van der Waals surface area contributed by atoms with Crippen molar-refractivity contribution < 1.29 is 14.3 Å². The van der Waals surface area contributed by atoms with E-state index in [0.717, 1.165) is 32.2 Å². The van der Waals surface area contributed by atoms with E-state index in [1.165, 1.54) is 0 Å². The van der Waals surface area contributed by atoms with Crippen LogP contribution in [-0.4, -0.2) is 25.3 Å². The maximum atomic E-state index is 10.8. The lowest BCUT2D eigenvalue weighted by molar-refractivity contribution is -0.204. The second-order valence-electron chi connectivity index (χ2n) is 4.64. The van der Waals surface area contributed by atoms with Gasteiger partial charge in [0.05, 0.1) is 6.10 Å². The molecule has 3 atom stereocenters. The van der Waals surface area contributed by atoms with Gasteiger partial charge in [-0.05, 0) is 25.2 Å². The van der Waals surface area contributed by atoms with Gasteiger partial charge in [0.25, 0.3) is 0 Å². The fraction of sp³-hybridized carbons (Fsp3) is 0.917. The molecular formula is C12H22O3. The molecule has 3 nitrogen and oxygen atoms in total. The number of ether oxygens (including phenoxy) is 2. The Morgan fingerprint density at radius 2 is 2.07 bits per heavy atom. The first-order valence-corrected chi connectivity index (χ1v) is 5.87. The van der Waals surface area contributed by atoms with Gasteiger partial charge in [0.2, 0.25) is 0 Å². The molecule has 1 aliphatic heterocycles. The van der Waals surface area contributed by atoms with E-state index in [2.05, 4.69) is 13.8 Å². The van der Waals surface area contributed by atoms with E-state index in [4.69, 9.17) is 9.47 Å². The van der Waals surface area contributed by atoms with Gasteiger partial charge in [-0.1, -0.05) is 20.8 Å². The number of hydrogen-bond acceptors (Lipinski definition) is 3. The summed E-state index contributed by atoms with van der Waals surface area (Å²) in [6.45, 7) is 6.84. The van der Waals surface area contributed by atoms with Crippen LogP contribution < -0.4 is 0 Å². The summed E-state index contributed by atoms with van der Waals surface area (Å²) in [7, 11) is 0. The molecule has 0 unspecified atom stereocenters. The van der Waals surface area contributed by atoms with E-state index < -0.39 is 0 Å². The zero-order chi connectivity index (χ0) is 11.3. The highest BCUT2D eigenvalue weighted by Crippen LogP contribution is 2.22. The first-order valence-electron chi connectivity index (χ1n) is 5.87. The third kappa shape index (κ3) is 3.92. The van der Waals surface area contributed by atoms with E-state index in [-0.39, 0.29) is 18.3 Å². The van der Waals surface area contributed by atoms with Gasteiger partial charge in [0.1, 0.15) is 6.29 Å². The average Bonchev–Trinajstić information content (AvgIpc) is 2.26. The standard InChI is InChI=1S/C12H22O3/c1-9(2)12(10(3)8-13)15-11-6-4-5-7-14-11/h8-12H,4-7H2,1-3H3/t10-,11+,12-/m1/s1. The van der Waals surface area contributed by atoms with Crippen LogP contribution in [0.3, 0.4) is 0 Å². The number of carbonyl (C=O) groups excluding carboxylic acids is 1. The summed E-state index contributed by atoms with van der Waals surface area (Å²) in [4.78, 5) is 10.8. The second kappa shape index (κ2) is 6.23. The molecule has 1 heterocycles. The van der Waals surface area contributed by atoms with Crippen molar-refractivity contribution >= 4 is 6.29 Å². The summed E-state index contributed by atoms with van der Waals surface area (Å²) < 4.78 is 11.4. The van der Waals surface area contributed by atoms with Crippen molar-refractivity contribution in [1.29, 1.82) is 0 Å². The molecule has 1 saturated heterocycles. The molecule has 0 radical (unpaired) electrons. The quantitative estimate of drug-likeness (QED) is 0.659. The van der Waals surface area contributed by atoms with E-state index >= 15 is 0 Å². The Morgan fingerprint density at radius 3 is 2.53 bits per heavy atom. The van der Waals surface area contributed by atoms with Crippen LogP contribution in [0.25, 0.3) is 0 Å². The van der Waals surface area contributed by atoms with Crippen molar-refractivity contribution in [2.24, 2.45) is 11.8 Å². The van der Waals surface area contributed by atoms with Gasteiger partial charge in [-0.2, -0.15) is 0 Å². The average molecular weight is 214 g/mol. The van der Waals surface area contributed by atoms with Gasteiger partial charge in [0, 0.05) is 12.5 Å². The molecule has 0 N–H and O–H groups in total. The number of aldehydes is 1. The number of rotatable bonds is 5. The Hall–Kier alpha value is -0.410. The molecule has 0 amide bonds. The van der Waals surface area contributed by atoms with Crippen molar-refractivity contribution in [3.8, 4) is 0 Å². The lowest BCUT2D eigenvalue weighted by Crippen LogP contribution is -2.35. The number of carbonyl (C=O) groups is 1. The van der Waals surface area contributed by atoms with Crippen LogP contribution in [0.5, 0.6) is 0 Å². The topological polar surface area (TPSA) is 35.5 Å². The Balaban J connectivity index is 2.45. The van der Waals surface area contributed by atoms with Crippen molar-refractivity contribution in [3.63, 3.8) is 0 Å². The molecule has 0 aromatic carbocycles. The number of hydrogen-bond donors (Lipinski definition) is 0. The van der Waals surface area contributed by atoms with Crippen LogP contribution in [-0.2, 0) is 14.3 Å². The Labute approximate surface area is 92.1 Å². The molecule has 0 aliphatic carbocycles. The van der Waals surface area contributed by atoms with Crippen LogP contribution in [0.4, 0.5) is 0 Å². The molecule has 15 heavy (non-hydrogen) atoms. The second-order valence-corrected chi connectivity index (χ2v) is 4.64. The first-order chi connectivity index (χ1) is 7.15. The fourth-order valence-corrected chi connectivity index (χ4v) is 1.96. The van der Waals surface area contributed by atoms with Crippen LogP contribution >= 0.6 is 0 Å². The van der Waals surface area contributed by atoms with Crippen LogP contribution in [0.2, 0.25) is 0 Å². The third-order valence-corrected chi connectivity index (χ3v) is 2.84. The van der Waals surface area contributed by atoms with Gasteiger partial charge in [-0.25, -0.2) is 0 Å². The fourth-order valence-electron chi connectivity index (χ4n) is 1.96. The van der Waals surface area contributed by atoms with Gasteiger partial charge in [-0.15, -0.1) is 0 Å². The lowest BCUT2D eigenvalue weighted by atomic mass is 9.96. The minimum absolute atomic E-state index is 0.0226. The summed E-state index contributed by atoms with van der Waals surface area (Å²) >= 11 is 0. The van der Waals surface area contributed by atoms with Gasteiger partial charge < -0.3 is 14.3 Å². The molecule has 0 saturated carbocycles. The van der Waals surface area contributed by atoms with Crippen molar-refractivity contribution in [2.75, 3.05) is 6.61 Å². The zero-order valence-corrected chi connectivity index (χ0v) is 9.94. The largest absolute Gasteiger partial charge is 0.353 e. The van der Waals surface area contributed by atoms with E-state index in [1.54, 1.807) is 0 Å². The molecule has 0 aromatic rings. The summed E-state index contributed by atoms with van der Waals surface area (Å²) in [6.07, 6.45) is 4.07. The predicted octanol–water partition coefficient (Wildman–Crippen LogP) is 2.39. The molecule has 1 fully saturated rings. The highest BCUT2D eigenvalue weighted by Gasteiger charge is 2.26. The monoisotopic (exact) mass is 214 g/mol.